The molecule has 4 atom stereocenters. The fourth-order valence-electron chi connectivity index (χ4n) is 6.84. The van der Waals surface area contributed by atoms with E-state index in [0.717, 1.165) is 46.7 Å². The van der Waals surface area contributed by atoms with Crippen LogP contribution in [0.4, 0.5) is 0 Å². The lowest BCUT2D eigenvalue weighted by Gasteiger charge is -2.38. The molecule has 4 fully saturated rings. The van der Waals surface area contributed by atoms with Crippen molar-refractivity contribution in [1.29, 1.82) is 0 Å². The van der Waals surface area contributed by atoms with E-state index in [0.29, 0.717) is 12.2 Å². The Labute approximate surface area is 200 Å². The van der Waals surface area contributed by atoms with Crippen molar-refractivity contribution in [3.63, 3.8) is 0 Å². The Morgan fingerprint density at radius 2 is 1.10 bits per heavy atom. The van der Waals surface area contributed by atoms with E-state index in [2.05, 4.69) is 29.5 Å². The molecule has 0 aromatic carbocycles. The highest BCUT2D eigenvalue weighted by molar-refractivity contribution is 14.1. The molecule has 0 N–H and O–H groups in total. The van der Waals surface area contributed by atoms with Gasteiger partial charge in [0.05, 0.1) is 25.4 Å². The zero-order valence-corrected chi connectivity index (χ0v) is 21.7. The van der Waals surface area contributed by atoms with E-state index in [1.807, 2.05) is 0 Å². The lowest BCUT2D eigenvalue weighted by Crippen LogP contribution is -2.33. The molecule has 0 spiro atoms. The zero-order chi connectivity index (χ0) is 20.8. The average molecular weight is 531 g/mol. The minimum atomic E-state index is 0.504. The summed E-state index contributed by atoms with van der Waals surface area (Å²) in [6, 6.07) is 0. The molecular weight excluding hydrogens is 483 g/mol. The summed E-state index contributed by atoms with van der Waals surface area (Å²) in [5, 5.41) is 0. The van der Waals surface area contributed by atoms with Gasteiger partial charge in [0.25, 0.3) is 0 Å². The van der Waals surface area contributed by atoms with Gasteiger partial charge in [-0.25, -0.2) is 0 Å². The largest absolute Gasteiger partial charge is 0.378 e. The van der Waals surface area contributed by atoms with Crippen molar-refractivity contribution in [2.24, 2.45) is 29.6 Å². The molecule has 4 unspecified atom stereocenters. The minimum Gasteiger partial charge on any atom is -0.378 e. The number of halogens is 1. The van der Waals surface area contributed by atoms with Crippen molar-refractivity contribution in [3.8, 4) is 0 Å². The SMILES string of the molecule is CC1CCC(CCC2CCC(C3CCC(CCC4CCC(I)CO4)OC3)CC2)CC1. The first-order valence-electron chi connectivity index (χ1n) is 13.5. The van der Waals surface area contributed by atoms with Gasteiger partial charge in [-0.2, -0.15) is 0 Å². The first kappa shape index (κ1) is 23.8. The molecule has 4 rings (SSSR count). The summed E-state index contributed by atoms with van der Waals surface area (Å²) in [7, 11) is 0. The van der Waals surface area contributed by atoms with Crippen LogP contribution in [-0.4, -0.2) is 29.3 Å². The Bertz CT molecular complexity index is 421. The highest BCUT2D eigenvalue weighted by Gasteiger charge is 2.32. The van der Waals surface area contributed by atoms with Gasteiger partial charge in [0.15, 0.2) is 0 Å². The highest BCUT2D eigenvalue weighted by atomic mass is 127. The van der Waals surface area contributed by atoms with Crippen molar-refractivity contribution in [1.82, 2.24) is 0 Å². The Balaban J connectivity index is 1.07. The van der Waals surface area contributed by atoms with Crippen LogP contribution in [0.2, 0.25) is 0 Å². The molecule has 3 heteroatoms. The monoisotopic (exact) mass is 530 g/mol. The van der Waals surface area contributed by atoms with Crippen molar-refractivity contribution in [2.45, 2.75) is 126 Å². The van der Waals surface area contributed by atoms with Gasteiger partial charge in [0.2, 0.25) is 0 Å². The summed E-state index contributed by atoms with van der Waals surface area (Å²) in [6.45, 7) is 4.45. The number of alkyl halides is 1. The molecule has 0 aromatic rings. The lowest BCUT2D eigenvalue weighted by atomic mass is 9.71. The molecule has 2 aliphatic heterocycles. The topological polar surface area (TPSA) is 18.5 Å². The zero-order valence-electron chi connectivity index (χ0n) is 19.5. The van der Waals surface area contributed by atoms with Gasteiger partial charge in [0, 0.05) is 3.92 Å². The maximum Gasteiger partial charge on any atom is 0.0587 e. The molecule has 2 saturated heterocycles. The number of ether oxygens (including phenoxy) is 2. The van der Waals surface area contributed by atoms with Crippen LogP contribution in [-0.2, 0) is 9.47 Å². The van der Waals surface area contributed by atoms with Gasteiger partial charge in [-0.3, -0.25) is 0 Å². The van der Waals surface area contributed by atoms with E-state index in [4.69, 9.17) is 9.47 Å². The van der Waals surface area contributed by atoms with Gasteiger partial charge in [-0.1, -0.05) is 80.9 Å². The molecule has 0 amide bonds. The third kappa shape index (κ3) is 7.33. The van der Waals surface area contributed by atoms with E-state index in [1.165, 1.54) is 103 Å². The second kappa shape index (κ2) is 12.2. The number of hydrogen-bond donors (Lipinski definition) is 0. The van der Waals surface area contributed by atoms with Crippen LogP contribution in [0.15, 0.2) is 0 Å². The summed E-state index contributed by atoms with van der Waals surface area (Å²) >= 11 is 2.53. The van der Waals surface area contributed by atoms with Crippen LogP contribution >= 0.6 is 22.6 Å². The van der Waals surface area contributed by atoms with E-state index in [1.54, 1.807) is 0 Å². The first-order valence-corrected chi connectivity index (χ1v) is 14.8. The molecule has 2 heterocycles. The molecule has 2 aliphatic carbocycles. The second-order valence-corrected chi connectivity index (χ2v) is 13.2. The first-order chi connectivity index (χ1) is 14.7. The molecular formula is C27H47IO2. The normalized spacial score (nSPS) is 43.4. The third-order valence-electron chi connectivity index (χ3n) is 9.21. The summed E-state index contributed by atoms with van der Waals surface area (Å²) < 4.78 is 13.1. The molecule has 30 heavy (non-hydrogen) atoms. The Kier molecular flexibility index (Phi) is 9.68. The fourth-order valence-corrected chi connectivity index (χ4v) is 7.40. The van der Waals surface area contributed by atoms with Crippen LogP contribution in [0.5, 0.6) is 0 Å². The van der Waals surface area contributed by atoms with Gasteiger partial charge >= 0.3 is 0 Å². The van der Waals surface area contributed by atoms with Crippen LogP contribution in [0, 0.1) is 29.6 Å². The van der Waals surface area contributed by atoms with Crippen LogP contribution in [0.1, 0.15) is 110 Å². The van der Waals surface area contributed by atoms with Crippen molar-refractivity contribution >= 4 is 22.6 Å². The quantitative estimate of drug-likeness (QED) is 0.246. The Morgan fingerprint density at radius 1 is 0.567 bits per heavy atom. The van der Waals surface area contributed by atoms with Gasteiger partial charge in [-0.15, -0.1) is 0 Å². The average Bonchev–Trinajstić information content (AvgIpc) is 2.79. The summed E-state index contributed by atoms with van der Waals surface area (Å²) in [5.74, 6) is 4.91. The van der Waals surface area contributed by atoms with Crippen molar-refractivity contribution in [2.75, 3.05) is 13.2 Å². The van der Waals surface area contributed by atoms with Crippen LogP contribution < -0.4 is 0 Å². The van der Waals surface area contributed by atoms with Crippen molar-refractivity contribution in [3.05, 3.63) is 0 Å². The number of rotatable bonds is 7. The summed E-state index contributed by atoms with van der Waals surface area (Å²) in [5.41, 5.74) is 0. The molecule has 0 bridgehead atoms. The standard InChI is InChI=1S/C27H47IO2/c1-20-2-4-21(5-3-20)6-7-22-8-10-23(11-9-22)24-12-14-26(29-18-24)16-17-27-15-13-25(28)19-30-27/h20-27H,2-19H2,1H3. The van der Waals surface area contributed by atoms with Gasteiger partial charge in [0.1, 0.15) is 0 Å². The smallest absolute Gasteiger partial charge is 0.0587 e. The summed E-state index contributed by atoms with van der Waals surface area (Å²) in [6.07, 6.45) is 23.8. The van der Waals surface area contributed by atoms with E-state index >= 15 is 0 Å². The fraction of sp³-hybridized carbons (Fsp3) is 1.00. The van der Waals surface area contributed by atoms with E-state index < -0.39 is 0 Å². The highest BCUT2D eigenvalue weighted by Crippen LogP contribution is 2.41. The molecule has 2 nitrogen and oxygen atoms in total. The molecule has 2 saturated carbocycles. The summed E-state index contributed by atoms with van der Waals surface area (Å²) in [4.78, 5) is 0. The van der Waals surface area contributed by atoms with Crippen LogP contribution in [0.3, 0.4) is 0 Å². The molecule has 0 radical (unpaired) electrons. The molecule has 174 valence electrons. The van der Waals surface area contributed by atoms with Crippen molar-refractivity contribution < 1.29 is 9.47 Å². The maximum absolute atomic E-state index is 6.36. The van der Waals surface area contributed by atoms with Gasteiger partial charge < -0.3 is 9.47 Å². The molecule has 0 aromatic heterocycles. The van der Waals surface area contributed by atoms with E-state index in [9.17, 15) is 0 Å². The van der Waals surface area contributed by atoms with Gasteiger partial charge in [-0.05, 0) is 81.0 Å². The third-order valence-corrected chi connectivity index (χ3v) is 10.2. The maximum atomic E-state index is 6.36. The second-order valence-electron chi connectivity index (χ2n) is 11.5. The number of hydrogen-bond acceptors (Lipinski definition) is 2. The lowest BCUT2D eigenvalue weighted by molar-refractivity contribution is -0.0537. The predicted octanol–water partition coefficient (Wildman–Crippen LogP) is 7.96. The molecule has 4 aliphatic rings. The predicted molar refractivity (Wildman–Crippen MR) is 134 cm³/mol. The minimum absolute atomic E-state index is 0.504. The Morgan fingerprint density at radius 3 is 1.63 bits per heavy atom. The van der Waals surface area contributed by atoms with Crippen LogP contribution in [0.25, 0.3) is 0 Å². The Hall–Kier alpha value is 0.650. The van der Waals surface area contributed by atoms with E-state index in [-0.39, 0.29) is 0 Å².